The van der Waals surface area contributed by atoms with Crippen molar-refractivity contribution in [2.24, 2.45) is 17.3 Å². The standard InChI is InChI=1S/C19H29N7O/c1-5-6-8-19(22-23-19)9-7-17(27)20-14-16-15(2)21-25(4)18(16)26-12-10-24(3)11-13-26/h1H,6-14H2,2-4H3,(H,20,27). The third-order valence-corrected chi connectivity index (χ3v) is 5.38. The van der Waals surface area contributed by atoms with Gasteiger partial charge in [-0.05, 0) is 14.0 Å². The summed E-state index contributed by atoms with van der Waals surface area (Å²) in [7, 11) is 4.11. The number of amides is 1. The first-order valence-corrected chi connectivity index (χ1v) is 9.54. The van der Waals surface area contributed by atoms with Gasteiger partial charge in [-0.3, -0.25) is 9.48 Å². The highest BCUT2D eigenvalue weighted by Crippen LogP contribution is 2.37. The quantitative estimate of drug-likeness (QED) is 0.702. The zero-order chi connectivity index (χ0) is 19.4. The minimum atomic E-state index is -0.404. The molecule has 1 amide bonds. The van der Waals surface area contributed by atoms with Gasteiger partial charge in [-0.2, -0.15) is 15.3 Å². The molecule has 3 heterocycles. The van der Waals surface area contributed by atoms with Gasteiger partial charge in [0.1, 0.15) is 5.82 Å². The van der Waals surface area contributed by atoms with Crippen LogP contribution in [0.2, 0.25) is 0 Å². The van der Waals surface area contributed by atoms with Crippen LogP contribution in [0, 0.1) is 19.3 Å². The van der Waals surface area contributed by atoms with Crippen molar-refractivity contribution in [2.45, 2.75) is 44.8 Å². The Labute approximate surface area is 161 Å². The number of hydrogen-bond donors (Lipinski definition) is 1. The molecule has 1 fully saturated rings. The highest BCUT2D eigenvalue weighted by Gasteiger charge is 2.39. The molecule has 146 valence electrons. The molecule has 1 aromatic heterocycles. The van der Waals surface area contributed by atoms with E-state index in [1.165, 1.54) is 0 Å². The van der Waals surface area contributed by atoms with Crippen LogP contribution in [0.4, 0.5) is 5.82 Å². The summed E-state index contributed by atoms with van der Waals surface area (Å²) in [4.78, 5) is 17.0. The van der Waals surface area contributed by atoms with Crippen molar-refractivity contribution in [2.75, 3.05) is 38.1 Å². The Hall–Kier alpha value is -2.40. The van der Waals surface area contributed by atoms with Gasteiger partial charge in [-0.1, -0.05) is 0 Å². The number of terminal acetylenes is 1. The SMILES string of the molecule is C#CCCC1(CCC(=O)NCc2c(C)nn(C)c2N2CCN(C)CC2)N=N1. The third kappa shape index (κ3) is 4.66. The van der Waals surface area contributed by atoms with E-state index in [1.54, 1.807) is 0 Å². The van der Waals surface area contributed by atoms with Crippen LogP contribution in [0.1, 0.15) is 36.9 Å². The van der Waals surface area contributed by atoms with Gasteiger partial charge < -0.3 is 15.1 Å². The topological polar surface area (TPSA) is 78.1 Å². The van der Waals surface area contributed by atoms with Gasteiger partial charge in [0.25, 0.3) is 0 Å². The maximum Gasteiger partial charge on any atom is 0.220 e. The van der Waals surface area contributed by atoms with Crippen molar-refractivity contribution < 1.29 is 4.79 Å². The van der Waals surface area contributed by atoms with E-state index in [-0.39, 0.29) is 5.91 Å². The second kappa shape index (κ2) is 8.09. The van der Waals surface area contributed by atoms with Gasteiger partial charge in [-0.15, -0.1) is 12.3 Å². The van der Waals surface area contributed by atoms with Gasteiger partial charge >= 0.3 is 0 Å². The van der Waals surface area contributed by atoms with E-state index in [4.69, 9.17) is 6.42 Å². The molecule has 0 aliphatic carbocycles. The maximum absolute atomic E-state index is 12.3. The molecule has 0 aromatic carbocycles. The lowest BCUT2D eigenvalue weighted by Gasteiger charge is -2.34. The summed E-state index contributed by atoms with van der Waals surface area (Å²) in [5.74, 6) is 3.73. The minimum absolute atomic E-state index is 0.0139. The van der Waals surface area contributed by atoms with Crippen molar-refractivity contribution in [3.63, 3.8) is 0 Å². The van der Waals surface area contributed by atoms with Crippen LogP contribution in [0.5, 0.6) is 0 Å². The monoisotopic (exact) mass is 371 g/mol. The molecule has 8 nitrogen and oxygen atoms in total. The Morgan fingerprint density at radius 3 is 2.56 bits per heavy atom. The van der Waals surface area contributed by atoms with Crippen LogP contribution in [0.3, 0.4) is 0 Å². The Morgan fingerprint density at radius 1 is 1.22 bits per heavy atom. The zero-order valence-corrected chi connectivity index (χ0v) is 16.5. The molecule has 2 aliphatic rings. The number of carbonyl (C=O) groups excluding carboxylic acids is 1. The minimum Gasteiger partial charge on any atom is -0.354 e. The molecule has 0 atom stereocenters. The molecule has 8 heteroatoms. The summed E-state index contributed by atoms with van der Waals surface area (Å²) in [5, 5.41) is 15.8. The number of carbonyl (C=O) groups is 1. The molecule has 0 radical (unpaired) electrons. The molecular formula is C19H29N7O. The van der Waals surface area contributed by atoms with E-state index < -0.39 is 5.66 Å². The van der Waals surface area contributed by atoms with Gasteiger partial charge in [-0.25, -0.2) is 0 Å². The van der Waals surface area contributed by atoms with E-state index in [1.807, 2.05) is 18.7 Å². The summed E-state index contributed by atoms with van der Waals surface area (Å²) in [5.41, 5.74) is 1.65. The van der Waals surface area contributed by atoms with Crippen molar-refractivity contribution in [1.82, 2.24) is 20.0 Å². The number of rotatable bonds is 8. The number of piperazine rings is 1. The highest BCUT2D eigenvalue weighted by molar-refractivity contribution is 5.76. The number of likely N-dealkylation sites (N-methyl/N-ethyl adjacent to an activating group) is 1. The number of aromatic nitrogens is 2. The van der Waals surface area contributed by atoms with E-state index in [0.29, 0.717) is 25.8 Å². The van der Waals surface area contributed by atoms with Crippen molar-refractivity contribution in [3.05, 3.63) is 11.3 Å². The first-order chi connectivity index (χ1) is 12.9. The van der Waals surface area contributed by atoms with Gasteiger partial charge in [0.15, 0.2) is 5.66 Å². The van der Waals surface area contributed by atoms with E-state index in [0.717, 1.165) is 49.7 Å². The van der Waals surface area contributed by atoms with Crippen LogP contribution >= 0.6 is 0 Å². The normalized spacial score (nSPS) is 18.4. The lowest BCUT2D eigenvalue weighted by molar-refractivity contribution is -0.121. The van der Waals surface area contributed by atoms with E-state index >= 15 is 0 Å². The van der Waals surface area contributed by atoms with Crippen molar-refractivity contribution in [1.29, 1.82) is 0 Å². The fourth-order valence-electron chi connectivity index (χ4n) is 3.57. The summed E-state index contributed by atoms with van der Waals surface area (Å²) in [6, 6.07) is 0. The molecule has 3 rings (SSSR count). The van der Waals surface area contributed by atoms with E-state index in [2.05, 4.69) is 43.4 Å². The molecule has 0 spiro atoms. The fraction of sp³-hybridized carbons (Fsp3) is 0.684. The Kier molecular flexibility index (Phi) is 5.80. The first kappa shape index (κ1) is 19.4. The number of aryl methyl sites for hydroxylation is 2. The lowest BCUT2D eigenvalue weighted by atomic mass is 10.0. The summed E-state index contributed by atoms with van der Waals surface area (Å²) >= 11 is 0. The second-order valence-corrected chi connectivity index (χ2v) is 7.46. The summed E-state index contributed by atoms with van der Waals surface area (Å²) in [6.07, 6.45) is 7.70. The Balaban J connectivity index is 1.55. The van der Waals surface area contributed by atoms with Gasteiger partial charge in [0.2, 0.25) is 5.91 Å². The molecule has 1 aromatic rings. The van der Waals surface area contributed by atoms with Crippen LogP contribution in [0.15, 0.2) is 10.2 Å². The van der Waals surface area contributed by atoms with Crippen LogP contribution < -0.4 is 10.2 Å². The number of anilines is 1. The van der Waals surface area contributed by atoms with Crippen molar-refractivity contribution >= 4 is 11.7 Å². The second-order valence-electron chi connectivity index (χ2n) is 7.46. The molecule has 2 aliphatic heterocycles. The molecular weight excluding hydrogens is 342 g/mol. The molecule has 1 saturated heterocycles. The molecule has 0 bridgehead atoms. The summed E-state index contributed by atoms with van der Waals surface area (Å²) < 4.78 is 1.93. The lowest BCUT2D eigenvalue weighted by Crippen LogP contribution is -2.45. The average Bonchev–Trinajstić information content (AvgIpc) is 3.36. The summed E-state index contributed by atoms with van der Waals surface area (Å²) in [6.45, 7) is 6.49. The third-order valence-electron chi connectivity index (χ3n) is 5.38. The largest absolute Gasteiger partial charge is 0.354 e. The van der Waals surface area contributed by atoms with Crippen LogP contribution in [0.25, 0.3) is 0 Å². The molecule has 1 N–H and O–H groups in total. The predicted molar refractivity (Wildman–Crippen MR) is 104 cm³/mol. The highest BCUT2D eigenvalue weighted by atomic mass is 16.1. The smallest absolute Gasteiger partial charge is 0.220 e. The Morgan fingerprint density at radius 2 is 1.93 bits per heavy atom. The fourth-order valence-corrected chi connectivity index (χ4v) is 3.57. The van der Waals surface area contributed by atoms with Gasteiger partial charge in [0.05, 0.1) is 5.69 Å². The molecule has 27 heavy (non-hydrogen) atoms. The van der Waals surface area contributed by atoms with Crippen molar-refractivity contribution in [3.8, 4) is 12.3 Å². The number of hydrogen-bond acceptors (Lipinski definition) is 6. The predicted octanol–water partition coefficient (Wildman–Crippen LogP) is 1.45. The molecule has 0 unspecified atom stereocenters. The first-order valence-electron chi connectivity index (χ1n) is 9.54. The van der Waals surface area contributed by atoms with E-state index in [9.17, 15) is 4.79 Å². The number of nitrogens with zero attached hydrogens (tertiary/aromatic N) is 6. The zero-order valence-electron chi connectivity index (χ0n) is 16.5. The maximum atomic E-state index is 12.3. The average molecular weight is 371 g/mol. The Bertz CT molecular complexity index is 747. The van der Waals surface area contributed by atoms with Crippen LogP contribution in [-0.2, 0) is 18.4 Å². The van der Waals surface area contributed by atoms with Crippen LogP contribution in [-0.4, -0.2) is 59.5 Å². The van der Waals surface area contributed by atoms with Gasteiger partial charge in [0, 0.05) is 71.0 Å². The molecule has 0 saturated carbocycles. The number of nitrogens with one attached hydrogen (secondary N) is 1.